The van der Waals surface area contributed by atoms with Crippen molar-refractivity contribution in [2.75, 3.05) is 5.32 Å². The van der Waals surface area contributed by atoms with Crippen molar-refractivity contribution >= 4 is 23.2 Å². The fourth-order valence-corrected chi connectivity index (χ4v) is 2.32. The largest absolute Gasteiger partial charge is 0.320 e. The molecule has 120 valence electrons. The Morgan fingerprint density at radius 2 is 1.79 bits per heavy atom. The molecule has 0 saturated heterocycles. The number of aromatic nitrogens is 2. The van der Waals surface area contributed by atoms with E-state index in [1.165, 1.54) is 16.9 Å². The average Bonchev–Trinajstić information content (AvgIpc) is 2.58. The van der Waals surface area contributed by atoms with Crippen molar-refractivity contribution in [1.82, 2.24) is 9.78 Å². The van der Waals surface area contributed by atoms with Crippen molar-refractivity contribution in [2.24, 2.45) is 0 Å². The molecule has 3 aromatic rings. The summed E-state index contributed by atoms with van der Waals surface area (Å²) < 4.78 is 1.46. The molecule has 1 amide bonds. The van der Waals surface area contributed by atoms with Gasteiger partial charge in [-0.05, 0) is 42.8 Å². The maximum atomic E-state index is 12.4. The van der Waals surface area contributed by atoms with Gasteiger partial charge in [-0.2, -0.15) is 5.10 Å². The summed E-state index contributed by atoms with van der Waals surface area (Å²) in [4.78, 5) is 24.4. The number of nitrogens with zero attached hydrogens (tertiary/aromatic N) is 2. The zero-order chi connectivity index (χ0) is 17.1. The Hall–Kier alpha value is -2.92. The minimum Gasteiger partial charge on any atom is -0.320 e. The lowest BCUT2D eigenvalue weighted by molar-refractivity contribution is 0.101. The molecule has 1 N–H and O–H groups in total. The number of amides is 1. The molecule has 2 aromatic carbocycles. The first-order valence-corrected chi connectivity index (χ1v) is 7.65. The Labute approximate surface area is 143 Å². The molecule has 0 atom stereocenters. The topological polar surface area (TPSA) is 64.0 Å². The molecule has 0 unspecified atom stereocenters. The van der Waals surface area contributed by atoms with Gasteiger partial charge in [0.2, 0.25) is 5.43 Å². The number of hydrogen-bond acceptors (Lipinski definition) is 3. The van der Waals surface area contributed by atoms with Gasteiger partial charge in [0.15, 0.2) is 5.69 Å². The third-order valence-corrected chi connectivity index (χ3v) is 3.76. The second-order valence-corrected chi connectivity index (χ2v) is 5.66. The standard InChI is InChI=1S/C18H14ClN3O2/c1-12-4-2-3-5-15(12)20-18(24)17-16(23)10-11-22(21-17)14-8-6-13(19)7-9-14/h2-11H,1H3,(H,20,24). The number of carbonyl (C=O) groups excluding carboxylic acids is 1. The van der Waals surface area contributed by atoms with E-state index in [-0.39, 0.29) is 5.69 Å². The van der Waals surface area contributed by atoms with Gasteiger partial charge in [-0.15, -0.1) is 0 Å². The number of nitrogens with one attached hydrogen (secondary N) is 1. The van der Waals surface area contributed by atoms with Crippen molar-refractivity contribution in [3.63, 3.8) is 0 Å². The fraction of sp³-hybridized carbons (Fsp3) is 0.0556. The maximum Gasteiger partial charge on any atom is 0.280 e. The number of benzene rings is 2. The summed E-state index contributed by atoms with van der Waals surface area (Å²) in [7, 11) is 0. The minimum atomic E-state index is -0.544. The smallest absolute Gasteiger partial charge is 0.280 e. The van der Waals surface area contributed by atoms with Crippen LogP contribution in [0.4, 0.5) is 5.69 Å². The number of hydrogen-bond donors (Lipinski definition) is 1. The number of aryl methyl sites for hydroxylation is 1. The average molecular weight is 340 g/mol. The maximum absolute atomic E-state index is 12.4. The molecule has 5 nitrogen and oxygen atoms in total. The van der Waals surface area contributed by atoms with Crippen molar-refractivity contribution < 1.29 is 4.79 Å². The molecule has 3 rings (SSSR count). The number of halogens is 1. The van der Waals surface area contributed by atoms with Gasteiger partial charge in [0.05, 0.1) is 5.69 Å². The van der Waals surface area contributed by atoms with Gasteiger partial charge in [-0.3, -0.25) is 9.59 Å². The van der Waals surface area contributed by atoms with E-state index in [9.17, 15) is 9.59 Å². The molecule has 0 aliphatic heterocycles. The highest BCUT2D eigenvalue weighted by atomic mass is 35.5. The van der Waals surface area contributed by atoms with Crippen molar-refractivity contribution in [2.45, 2.75) is 6.92 Å². The summed E-state index contributed by atoms with van der Waals surface area (Å²) in [6, 6.07) is 15.6. The van der Waals surface area contributed by atoms with E-state index in [4.69, 9.17) is 11.6 Å². The third-order valence-electron chi connectivity index (χ3n) is 3.51. The molecular formula is C18H14ClN3O2. The monoisotopic (exact) mass is 339 g/mol. The lowest BCUT2D eigenvalue weighted by Crippen LogP contribution is -2.25. The fourth-order valence-electron chi connectivity index (χ4n) is 2.20. The summed E-state index contributed by atoms with van der Waals surface area (Å²) in [6.45, 7) is 1.88. The van der Waals surface area contributed by atoms with Crippen LogP contribution in [-0.4, -0.2) is 15.7 Å². The molecule has 0 fully saturated rings. The van der Waals surface area contributed by atoms with Gasteiger partial charge < -0.3 is 5.32 Å². The van der Waals surface area contributed by atoms with Crippen LogP contribution in [0.25, 0.3) is 5.69 Å². The SMILES string of the molecule is Cc1ccccc1NC(=O)c1nn(-c2ccc(Cl)cc2)ccc1=O. The lowest BCUT2D eigenvalue weighted by atomic mass is 10.2. The zero-order valence-electron chi connectivity index (χ0n) is 12.9. The Morgan fingerprint density at radius 3 is 2.50 bits per heavy atom. The van der Waals surface area contributed by atoms with Gasteiger partial charge in [-0.25, -0.2) is 4.68 Å². The first kappa shape index (κ1) is 16.0. The van der Waals surface area contributed by atoms with Crippen LogP contribution in [0.2, 0.25) is 5.02 Å². The van der Waals surface area contributed by atoms with Crippen LogP contribution in [0.3, 0.4) is 0 Å². The Balaban J connectivity index is 1.94. The van der Waals surface area contributed by atoms with Crippen LogP contribution in [0, 0.1) is 6.92 Å². The summed E-state index contributed by atoms with van der Waals surface area (Å²) in [5, 5.41) is 7.46. The van der Waals surface area contributed by atoms with Crippen molar-refractivity contribution in [1.29, 1.82) is 0 Å². The van der Waals surface area contributed by atoms with E-state index in [0.717, 1.165) is 5.56 Å². The highest BCUT2D eigenvalue weighted by molar-refractivity contribution is 6.30. The van der Waals surface area contributed by atoms with E-state index >= 15 is 0 Å². The highest BCUT2D eigenvalue weighted by Gasteiger charge is 2.14. The molecule has 0 aliphatic rings. The molecular weight excluding hydrogens is 326 g/mol. The van der Waals surface area contributed by atoms with Crippen molar-refractivity contribution in [3.8, 4) is 5.69 Å². The predicted octanol–water partition coefficient (Wildman–Crippen LogP) is 3.45. The van der Waals surface area contributed by atoms with Crippen LogP contribution in [-0.2, 0) is 0 Å². The third kappa shape index (κ3) is 3.36. The van der Waals surface area contributed by atoms with E-state index in [0.29, 0.717) is 16.4 Å². The van der Waals surface area contributed by atoms with E-state index in [1.54, 1.807) is 30.3 Å². The van der Waals surface area contributed by atoms with Crippen LogP contribution < -0.4 is 10.7 Å². The predicted molar refractivity (Wildman–Crippen MR) is 94.0 cm³/mol. The number of anilines is 1. The minimum absolute atomic E-state index is 0.171. The molecule has 24 heavy (non-hydrogen) atoms. The molecule has 1 heterocycles. The Morgan fingerprint density at radius 1 is 1.08 bits per heavy atom. The summed E-state index contributed by atoms with van der Waals surface area (Å²) >= 11 is 5.87. The highest BCUT2D eigenvalue weighted by Crippen LogP contribution is 2.14. The Bertz CT molecular complexity index is 949. The second kappa shape index (κ2) is 6.68. The number of para-hydroxylation sites is 1. The van der Waals surface area contributed by atoms with Gasteiger partial charge in [-0.1, -0.05) is 29.8 Å². The van der Waals surface area contributed by atoms with Gasteiger partial charge in [0, 0.05) is 23.0 Å². The number of rotatable bonds is 3. The number of carbonyl (C=O) groups is 1. The van der Waals surface area contributed by atoms with Crippen LogP contribution in [0.5, 0.6) is 0 Å². The normalized spacial score (nSPS) is 10.4. The molecule has 0 radical (unpaired) electrons. The summed E-state index contributed by atoms with van der Waals surface area (Å²) in [5.74, 6) is -0.544. The summed E-state index contributed by atoms with van der Waals surface area (Å²) in [6.07, 6.45) is 1.51. The molecule has 0 aliphatic carbocycles. The first-order valence-electron chi connectivity index (χ1n) is 7.27. The van der Waals surface area contributed by atoms with E-state index in [1.807, 2.05) is 25.1 Å². The van der Waals surface area contributed by atoms with Gasteiger partial charge >= 0.3 is 0 Å². The quantitative estimate of drug-likeness (QED) is 0.795. The molecule has 6 heteroatoms. The van der Waals surface area contributed by atoms with Crippen LogP contribution in [0.15, 0.2) is 65.6 Å². The van der Waals surface area contributed by atoms with E-state index < -0.39 is 11.3 Å². The van der Waals surface area contributed by atoms with E-state index in [2.05, 4.69) is 10.4 Å². The molecule has 0 bridgehead atoms. The first-order chi connectivity index (χ1) is 11.5. The lowest BCUT2D eigenvalue weighted by Gasteiger charge is -2.09. The van der Waals surface area contributed by atoms with Crippen LogP contribution >= 0.6 is 11.6 Å². The molecule has 0 saturated carbocycles. The van der Waals surface area contributed by atoms with Gasteiger partial charge in [0.1, 0.15) is 0 Å². The van der Waals surface area contributed by atoms with Gasteiger partial charge in [0.25, 0.3) is 5.91 Å². The van der Waals surface area contributed by atoms with Crippen LogP contribution in [0.1, 0.15) is 16.1 Å². The molecule has 1 aromatic heterocycles. The zero-order valence-corrected chi connectivity index (χ0v) is 13.6. The Kier molecular flexibility index (Phi) is 4.44. The van der Waals surface area contributed by atoms with Crippen molar-refractivity contribution in [3.05, 3.63) is 87.3 Å². The molecule has 0 spiro atoms. The summed E-state index contributed by atoms with van der Waals surface area (Å²) in [5.41, 5.74) is 1.64. The second-order valence-electron chi connectivity index (χ2n) is 5.22.